The molecule has 7 heteroatoms. The van der Waals surface area contributed by atoms with Crippen molar-refractivity contribution in [3.63, 3.8) is 0 Å². The predicted molar refractivity (Wildman–Crippen MR) is 103 cm³/mol. The van der Waals surface area contributed by atoms with Gasteiger partial charge < -0.3 is 25.3 Å². The third-order valence-corrected chi connectivity index (χ3v) is 3.81. The van der Waals surface area contributed by atoms with Gasteiger partial charge in [0.1, 0.15) is 5.75 Å². The van der Waals surface area contributed by atoms with E-state index in [-0.39, 0.29) is 11.7 Å². The molecular formula is C19H28N4O3. The van der Waals surface area contributed by atoms with Crippen molar-refractivity contribution in [1.82, 2.24) is 9.97 Å². The van der Waals surface area contributed by atoms with E-state index in [0.717, 1.165) is 12.1 Å². The number of hydrogen-bond donors (Lipinski definition) is 2. The van der Waals surface area contributed by atoms with Gasteiger partial charge in [0.25, 0.3) is 0 Å². The molecule has 0 saturated carbocycles. The molecule has 0 aliphatic heterocycles. The van der Waals surface area contributed by atoms with Gasteiger partial charge in [-0.25, -0.2) is 4.98 Å². The molecule has 26 heavy (non-hydrogen) atoms. The van der Waals surface area contributed by atoms with E-state index < -0.39 is 0 Å². The summed E-state index contributed by atoms with van der Waals surface area (Å²) >= 11 is 0. The minimum atomic E-state index is 0.221. The van der Waals surface area contributed by atoms with Crippen LogP contribution in [0.4, 0.5) is 11.8 Å². The van der Waals surface area contributed by atoms with Crippen molar-refractivity contribution >= 4 is 11.8 Å². The number of benzene rings is 1. The van der Waals surface area contributed by atoms with Crippen LogP contribution in [0.5, 0.6) is 23.0 Å². The fourth-order valence-corrected chi connectivity index (χ4v) is 2.38. The number of nitrogens with two attached hydrogens (primary N) is 1. The average molecular weight is 360 g/mol. The van der Waals surface area contributed by atoms with Crippen LogP contribution in [0.1, 0.15) is 39.2 Å². The maximum atomic E-state index is 6.06. The maximum Gasteiger partial charge on any atom is 0.224 e. The molecule has 0 fully saturated rings. The maximum absolute atomic E-state index is 6.06. The van der Waals surface area contributed by atoms with Gasteiger partial charge in [-0.15, -0.1) is 0 Å². The zero-order valence-electron chi connectivity index (χ0n) is 16.3. The molecule has 142 valence electrons. The fraction of sp³-hybridized carbons (Fsp3) is 0.474. The number of nitrogens with one attached hydrogen (secondary N) is 1. The minimum absolute atomic E-state index is 0.221. The Kier molecular flexibility index (Phi) is 6.49. The average Bonchev–Trinajstić information content (AvgIpc) is 2.61. The SMILES string of the molecule is COc1cc(Oc2cnc(NCC(C)C)nc2N)c(C(C)C)cc1OC. The number of methoxy groups -OCH3 is 2. The summed E-state index contributed by atoms with van der Waals surface area (Å²) < 4.78 is 16.8. The van der Waals surface area contributed by atoms with Crippen molar-refractivity contribution in [2.75, 3.05) is 31.8 Å². The lowest BCUT2D eigenvalue weighted by Gasteiger charge is -2.18. The molecule has 1 aromatic carbocycles. The highest BCUT2D eigenvalue weighted by Crippen LogP contribution is 2.40. The van der Waals surface area contributed by atoms with Gasteiger partial charge in [0.15, 0.2) is 23.1 Å². The standard InChI is InChI=1S/C19H28N4O3/c1-11(2)9-21-19-22-10-17(18(20)23-19)26-14-8-16(25-6)15(24-5)7-13(14)12(3)4/h7-8,10-12H,9H2,1-6H3,(H3,20,21,22,23). The van der Waals surface area contributed by atoms with Crippen LogP contribution in [-0.4, -0.2) is 30.7 Å². The molecular weight excluding hydrogens is 332 g/mol. The molecule has 1 aromatic heterocycles. The second kappa shape index (κ2) is 8.60. The summed E-state index contributed by atoms with van der Waals surface area (Å²) in [6, 6.07) is 3.70. The molecule has 0 amide bonds. The van der Waals surface area contributed by atoms with Crippen LogP contribution in [0, 0.1) is 5.92 Å². The van der Waals surface area contributed by atoms with Gasteiger partial charge in [0.05, 0.1) is 20.4 Å². The van der Waals surface area contributed by atoms with Crippen LogP contribution in [0.2, 0.25) is 0 Å². The van der Waals surface area contributed by atoms with E-state index in [1.165, 1.54) is 0 Å². The van der Waals surface area contributed by atoms with Gasteiger partial charge in [0.2, 0.25) is 5.95 Å². The van der Waals surface area contributed by atoms with Crippen LogP contribution in [0.3, 0.4) is 0 Å². The first-order valence-electron chi connectivity index (χ1n) is 8.65. The highest BCUT2D eigenvalue weighted by atomic mass is 16.5. The lowest BCUT2D eigenvalue weighted by Crippen LogP contribution is -2.11. The highest BCUT2D eigenvalue weighted by Gasteiger charge is 2.17. The Hall–Kier alpha value is -2.70. The molecule has 0 unspecified atom stereocenters. The van der Waals surface area contributed by atoms with Gasteiger partial charge >= 0.3 is 0 Å². The normalized spacial score (nSPS) is 10.9. The summed E-state index contributed by atoms with van der Waals surface area (Å²) in [5, 5.41) is 3.14. The summed E-state index contributed by atoms with van der Waals surface area (Å²) in [6.07, 6.45) is 1.58. The molecule has 2 rings (SSSR count). The summed E-state index contributed by atoms with van der Waals surface area (Å²) in [4.78, 5) is 8.54. The summed E-state index contributed by atoms with van der Waals surface area (Å²) in [7, 11) is 3.19. The molecule has 1 heterocycles. The smallest absolute Gasteiger partial charge is 0.224 e. The lowest BCUT2D eigenvalue weighted by molar-refractivity contribution is 0.350. The van der Waals surface area contributed by atoms with Gasteiger partial charge in [-0.05, 0) is 17.9 Å². The number of nitrogens with zero attached hydrogens (tertiary/aromatic N) is 2. The van der Waals surface area contributed by atoms with Crippen molar-refractivity contribution in [2.45, 2.75) is 33.6 Å². The highest BCUT2D eigenvalue weighted by molar-refractivity contribution is 5.55. The van der Waals surface area contributed by atoms with E-state index in [1.54, 1.807) is 26.5 Å². The molecule has 0 radical (unpaired) electrons. The van der Waals surface area contributed by atoms with E-state index in [0.29, 0.717) is 34.9 Å². The first kappa shape index (κ1) is 19.6. The largest absolute Gasteiger partial charge is 0.493 e. The van der Waals surface area contributed by atoms with E-state index >= 15 is 0 Å². The molecule has 0 spiro atoms. The molecule has 2 aromatic rings. The Morgan fingerprint density at radius 2 is 1.65 bits per heavy atom. The molecule has 0 aliphatic rings. The number of rotatable bonds is 8. The Morgan fingerprint density at radius 3 is 2.19 bits per heavy atom. The molecule has 0 aliphatic carbocycles. The molecule has 0 bridgehead atoms. The van der Waals surface area contributed by atoms with E-state index in [2.05, 4.69) is 43.0 Å². The number of hydrogen-bond acceptors (Lipinski definition) is 7. The first-order valence-corrected chi connectivity index (χ1v) is 8.65. The Morgan fingerprint density at radius 1 is 1.00 bits per heavy atom. The second-order valence-corrected chi connectivity index (χ2v) is 6.72. The minimum Gasteiger partial charge on any atom is -0.493 e. The fourth-order valence-electron chi connectivity index (χ4n) is 2.38. The molecule has 0 atom stereocenters. The van der Waals surface area contributed by atoms with Crippen LogP contribution in [-0.2, 0) is 0 Å². The number of nitrogen functional groups attached to an aromatic ring is 1. The van der Waals surface area contributed by atoms with Crippen LogP contribution < -0.4 is 25.3 Å². The Balaban J connectivity index is 2.32. The van der Waals surface area contributed by atoms with Crippen molar-refractivity contribution in [3.05, 3.63) is 23.9 Å². The second-order valence-electron chi connectivity index (χ2n) is 6.72. The van der Waals surface area contributed by atoms with Crippen molar-refractivity contribution in [3.8, 4) is 23.0 Å². The summed E-state index contributed by atoms with van der Waals surface area (Å²) in [6.45, 7) is 9.14. The van der Waals surface area contributed by atoms with Crippen molar-refractivity contribution < 1.29 is 14.2 Å². The number of aromatic nitrogens is 2. The van der Waals surface area contributed by atoms with E-state index in [1.807, 2.05) is 6.07 Å². The summed E-state index contributed by atoms with van der Waals surface area (Å²) in [5.74, 6) is 3.73. The zero-order chi connectivity index (χ0) is 19.3. The van der Waals surface area contributed by atoms with Crippen molar-refractivity contribution in [2.24, 2.45) is 5.92 Å². The van der Waals surface area contributed by atoms with Crippen LogP contribution >= 0.6 is 0 Å². The quantitative estimate of drug-likeness (QED) is 0.733. The Bertz CT molecular complexity index is 748. The van der Waals surface area contributed by atoms with Gasteiger partial charge in [-0.1, -0.05) is 27.7 Å². The van der Waals surface area contributed by atoms with E-state index in [9.17, 15) is 0 Å². The molecule has 3 N–H and O–H groups in total. The van der Waals surface area contributed by atoms with E-state index in [4.69, 9.17) is 19.9 Å². The van der Waals surface area contributed by atoms with Gasteiger partial charge in [0, 0.05) is 18.2 Å². The van der Waals surface area contributed by atoms with Crippen LogP contribution in [0.25, 0.3) is 0 Å². The lowest BCUT2D eigenvalue weighted by atomic mass is 10.0. The number of ether oxygens (including phenoxy) is 3. The topological polar surface area (TPSA) is 91.5 Å². The first-order chi connectivity index (χ1) is 12.3. The Labute approximate surface area is 154 Å². The summed E-state index contributed by atoms with van der Waals surface area (Å²) in [5.41, 5.74) is 7.03. The predicted octanol–water partition coefficient (Wildman–Crippen LogP) is 4.06. The zero-order valence-corrected chi connectivity index (χ0v) is 16.3. The van der Waals surface area contributed by atoms with Crippen LogP contribution in [0.15, 0.2) is 18.3 Å². The third kappa shape index (κ3) is 4.68. The van der Waals surface area contributed by atoms with Gasteiger partial charge in [-0.2, -0.15) is 4.98 Å². The number of anilines is 2. The third-order valence-electron chi connectivity index (χ3n) is 3.81. The molecule has 7 nitrogen and oxygen atoms in total. The van der Waals surface area contributed by atoms with Crippen molar-refractivity contribution in [1.29, 1.82) is 0 Å². The molecule has 0 saturated heterocycles. The van der Waals surface area contributed by atoms with Gasteiger partial charge in [-0.3, -0.25) is 0 Å². The monoisotopic (exact) mass is 360 g/mol.